The summed E-state index contributed by atoms with van der Waals surface area (Å²) in [5, 5.41) is 4.26. The highest BCUT2D eigenvalue weighted by molar-refractivity contribution is 7.15. The zero-order valence-electron chi connectivity index (χ0n) is 15.6. The molecule has 0 bridgehead atoms. The molecule has 146 valence electrons. The van der Waals surface area contributed by atoms with Crippen molar-refractivity contribution >= 4 is 34.5 Å². The van der Waals surface area contributed by atoms with Crippen LogP contribution in [0.2, 0.25) is 0 Å². The Hall–Kier alpha value is -3.52. The van der Waals surface area contributed by atoms with E-state index in [9.17, 15) is 9.18 Å². The summed E-state index contributed by atoms with van der Waals surface area (Å²) in [5.41, 5.74) is 1.36. The number of aromatic nitrogens is 3. The fourth-order valence-corrected chi connectivity index (χ4v) is 3.67. The molecule has 2 aromatic heterocycles. The molecule has 0 N–H and O–H groups in total. The van der Waals surface area contributed by atoms with Gasteiger partial charge in [-0.05, 0) is 47.5 Å². The van der Waals surface area contributed by atoms with Gasteiger partial charge in [-0.2, -0.15) is 9.50 Å². The van der Waals surface area contributed by atoms with Gasteiger partial charge in [-0.1, -0.05) is 35.6 Å². The Kier molecular flexibility index (Phi) is 5.09. The second-order valence-corrected chi connectivity index (χ2v) is 7.09. The molecular formula is C21H16FN3O3S. The van der Waals surface area contributed by atoms with Gasteiger partial charge in [-0.25, -0.2) is 4.39 Å². The van der Waals surface area contributed by atoms with Gasteiger partial charge < -0.3 is 9.47 Å². The summed E-state index contributed by atoms with van der Waals surface area (Å²) in [7, 11) is 3.16. The molecule has 0 saturated heterocycles. The summed E-state index contributed by atoms with van der Waals surface area (Å²) < 4.78 is 25.3. The molecule has 2 aromatic carbocycles. The molecule has 0 aliphatic rings. The van der Waals surface area contributed by atoms with Crippen LogP contribution in [0.25, 0.3) is 23.2 Å². The zero-order valence-corrected chi connectivity index (χ0v) is 16.4. The number of hydrogen-bond donors (Lipinski definition) is 0. The quantitative estimate of drug-likeness (QED) is 0.507. The molecule has 0 amide bonds. The Bertz CT molecular complexity index is 1310. The normalized spacial score (nSPS) is 12.2. The molecule has 0 atom stereocenters. The third-order valence-electron chi connectivity index (χ3n) is 4.20. The van der Waals surface area contributed by atoms with Gasteiger partial charge in [0.25, 0.3) is 5.56 Å². The maximum Gasteiger partial charge on any atom is 0.291 e. The van der Waals surface area contributed by atoms with Gasteiger partial charge in [0.05, 0.1) is 18.8 Å². The molecule has 4 aromatic rings. The first-order chi connectivity index (χ1) is 14.1. The van der Waals surface area contributed by atoms with Crippen molar-refractivity contribution in [3.05, 3.63) is 80.1 Å². The van der Waals surface area contributed by atoms with E-state index in [1.54, 1.807) is 38.5 Å². The van der Waals surface area contributed by atoms with Gasteiger partial charge in [0.15, 0.2) is 17.3 Å². The number of benzene rings is 2. The first-order valence-corrected chi connectivity index (χ1v) is 9.46. The third kappa shape index (κ3) is 3.88. The van der Waals surface area contributed by atoms with Crippen molar-refractivity contribution in [1.29, 1.82) is 0 Å². The fraction of sp³-hybridized carbons (Fsp3) is 0.0952. The van der Waals surface area contributed by atoms with Crippen molar-refractivity contribution in [2.24, 2.45) is 0 Å². The van der Waals surface area contributed by atoms with E-state index in [1.807, 2.05) is 24.3 Å². The van der Waals surface area contributed by atoms with Crippen LogP contribution in [0.4, 0.5) is 4.39 Å². The second kappa shape index (κ2) is 7.84. The second-order valence-electron chi connectivity index (χ2n) is 6.08. The molecule has 0 fully saturated rings. The van der Waals surface area contributed by atoms with Crippen molar-refractivity contribution in [3.8, 4) is 11.5 Å². The number of thiazole rings is 1. The maximum atomic E-state index is 13.0. The Morgan fingerprint density at radius 1 is 1.00 bits per heavy atom. The molecule has 8 heteroatoms. The number of fused-ring (bicyclic) bond motifs is 1. The third-order valence-corrected chi connectivity index (χ3v) is 5.16. The van der Waals surface area contributed by atoms with E-state index >= 15 is 0 Å². The first kappa shape index (κ1) is 18.8. The van der Waals surface area contributed by atoms with Gasteiger partial charge >= 0.3 is 0 Å². The molecule has 2 heterocycles. The molecule has 0 spiro atoms. The van der Waals surface area contributed by atoms with Crippen molar-refractivity contribution in [2.75, 3.05) is 14.2 Å². The summed E-state index contributed by atoms with van der Waals surface area (Å²) in [4.78, 5) is 17.4. The molecule has 4 rings (SSSR count). The Labute approximate surface area is 169 Å². The topological polar surface area (TPSA) is 65.7 Å². The predicted molar refractivity (Wildman–Crippen MR) is 111 cm³/mol. The predicted octanol–water partition coefficient (Wildman–Crippen LogP) is 3.03. The minimum atomic E-state index is -0.321. The summed E-state index contributed by atoms with van der Waals surface area (Å²) in [6, 6.07) is 11.5. The van der Waals surface area contributed by atoms with Crippen LogP contribution in [-0.2, 0) is 0 Å². The number of hydrogen-bond acceptors (Lipinski definition) is 6. The van der Waals surface area contributed by atoms with Crippen LogP contribution in [0.15, 0.2) is 47.3 Å². The van der Waals surface area contributed by atoms with Crippen LogP contribution >= 0.6 is 11.3 Å². The largest absolute Gasteiger partial charge is 0.493 e. The van der Waals surface area contributed by atoms with Crippen molar-refractivity contribution in [2.45, 2.75) is 0 Å². The lowest BCUT2D eigenvalue weighted by Gasteiger charge is -2.07. The fourth-order valence-electron chi connectivity index (χ4n) is 2.76. The lowest BCUT2D eigenvalue weighted by molar-refractivity contribution is 0.355. The number of methoxy groups -OCH3 is 2. The van der Waals surface area contributed by atoms with Crippen LogP contribution in [0, 0.1) is 5.82 Å². The highest BCUT2D eigenvalue weighted by atomic mass is 32.1. The first-order valence-electron chi connectivity index (χ1n) is 8.64. The van der Waals surface area contributed by atoms with E-state index in [-0.39, 0.29) is 11.4 Å². The van der Waals surface area contributed by atoms with Crippen LogP contribution in [0.5, 0.6) is 11.5 Å². The highest BCUT2D eigenvalue weighted by Crippen LogP contribution is 2.28. The SMILES string of the molecule is COc1ccc(/C=C/c2nc3s/c(=C\c4ccc(F)cc4)c(=O)n3n2)cc1OC. The lowest BCUT2D eigenvalue weighted by Crippen LogP contribution is -2.23. The van der Waals surface area contributed by atoms with E-state index in [0.29, 0.717) is 26.8 Å². The van der Waals surface area contributed by atoms with E-state index in [4.69, 9.17) is 9.47 Å². The summed E-state index contributed by atoms with van der Waals surface area (Å²) in [5.74, 6) is 1.37. The standard InChI is InChI=1S/C21H16FN3O3S/c1-27-16-9-5-13(11-17(16)28-2)6-10-19-23-21-25(24-19)20(26)18(29-21)12-14-3-7-15(22)8-4-14/h3-12H,1-2H3/b10-6+,18-12-. The lowest BCUT2D eigenvalue weighted by atomic mass is 10.2. The van der Waals surface area contributed by atoms with Crippen molar-refractivity contribution in [3.63, 3.8) is 0 Å². The molecule has 0 aliphatic carbocycles. The Morgan fingerprint density at radius 3 is 2.41 bits per heavy atom. The summed E-state index contributed by atoms with van der Waals surface area (Å²) in [6.45, 7) is 0. The molecule has 0 radical (unpaired) electrons. The van der Waals surface area contributed by atoms with Crippen molar-refractivity contribution < 1.29 is 13.9 Å². The average molecular weight is 409 g/mol. The van der Waals surface area contributed by atoms with E-state index in [0.717, 1.165) is 11.1 Å². The summed E-state index contributed by atoms with van der Waals surface area (Å²) in [6.07, 6.45) is 5.25. The molecule has 0 unspecified atom stereocenters. The van der Waals surface area contributed by atoms with Gasteiger partial charge in [0.2, 0.25) is 4.96 Å². The van der Waals surface area contributed by atoms with Crippen LogP contribution in [0.3, 0.4) is 0 Å². The van der Waals surface area contributed by atoms with E-state index < -0.39 is 0 Å². The minimum Gasteiger partial charge on any atom is -0.493 e. The molecule has 29 heavy (non-hydrogen) atoms. The van der Waals surface area contributed by atoms with Crippen LogP contribution < -0.4 is 19.6 Å². The zero-order chi connectivity index (χ0) is 20.4. The highest BCUT2D eigenvalue weighted by Gasteiger charge is 2.09. The molecular weight excluding hydrogens is 393 g/mol. The number of nitrogens with zero attached hydrogens (tertiary/aromatic N) is 3. The van der Waals surface area contributed by atoms with E-state index in [2.05, 4.69) is 10.1 Å². The van der Waals surface area contributed by atoms with Gasteiger partial charge in [-0.3, -0.25) is 4.79 Å². The number of halogens is 1. The maximum absolute atomic E-state index is 13.0. The minimum absolute atomic E-state index is 0.257. The van der Waals surface area contributed by atoms with Gasteiger partial charge in [-0.15, -0.1) is 5.10 Å². The number of rotatable bonds is 5. The number of ether oxygens (including phenoxy) is 2. The molecule has 6 nitrogen and oxygen atoms in total. The van der Waals surface area contributed by atoms with Gasteiger partial charge in [0.1, 0.15) is 5.82 Å². The molecule has 0 saturated carbocycles. The summed E-state index contributed by atoms with van der Waals surface area (Å²) >= 11 is 1.23. The monoisotopic (exact) mass is 409 g/mol. The van der Waals surface area contributed by atoms with Gasteiger partial charge in [0, 0.05) is 0 Å². The van der Waals surface area contributed by atoms with E-state index in [1.165, 1.54) is 28.0 Å². The van der Waals surface area contributed by atoms with Crippen LogP contribution in [-0.4, -0.2) is 28.8 Å². The Morgan fingerprint density at radius 2 is 1.72 bits per heavy atom. The van der Waals surface area contributed by atoms with Crippen molar-refractivity contribution in [1.82, 2.24) is 14.6 Å². The molecule has 0 aliphatic heterocycles. The smallest absolute Gasteiger partial charge is 0.291 e. The Balaban J connectivity index is 1.63. The van der Waals surface area contributed by atoms with Crippen LogP contribution in [0.1, 0.15) is 17.0 Å². The average Bonchev–Trinajstić information content (AvgIpc) is 3.26.